The second-order valence-corrected chi connectivity index (χ2v) is 13.2. The summed E-state index contributed by atoms with van der Waals surface area (Å²) in [6, 6.07) is 11.1. The van der Waals surface area contributed by atoms with E-state index in [4.69, 9.17) is 9.47 Å². The van der Waals surface area contributed by atoms with E-state index in [9.17, 15) is 42.3 Å². The number of hydrogen-bond donors (Lipinski definition) is 5. The molecule has 0 aliphatic carbocycles. The Kier molecular flexibility index (Phi) is 15.9. The number of amides is 4. The van der Waals surface area contributed by atoms with Crippen LogP contribution in [0.15, 0.2) is 72.1 Å². The molecule has 2 aromatic carbocycles. The summed E-state index contributed by atoms with van der Waals surface area (Å²) in [5.74, 6) is -5.30. The van der Waals surface area contributed by atoms with Crippen molar-refractivity contribution < 1.29 is 51.8 Å². The summed E-state index contributed by atoms with van der Waals surface area (Å²) in [6.07, 6.45) is -0.235. The van der Waals surface area contributed by atoms with Crippen molar-refractivity contribution in [3.05, 3.63) is 83.3 Å². The van der Waals surface area contributed by atoms with Gasteiger partial charge in [-0.3, -0.25) is 24.0 Å². The molecule has 15 nitrogen and oxygen atoms in total. The van der Waals surface area contributed by atoms with Gasteiger partial charge in [0.2, 0.25) is 17.7 Å². The number of carboxylic acid groups (broad SMARTS) is 1. The lowest BCUT2D eigenvalue weighted by Crippen LogP contribution is -2.56. The first-order valence-electron chi connectivity index (χ1n) is 15.3. The predicted octanol–water partition coefficient (Wildman–Crippen LogP) is 1.75. The van der Waals surface area contributed by atoms with Gasteiger partial charge in [-0.05, 0) is 24.0 Å². The molecular weight excluding hydrogens is 660 g/mol. The summed E-state index contributed by atoms with van der Waals surface area (Å²) in [7, 11) is -3.62. The number of alkyl carbamates (subject to hydrolysis) is 1. The van der Waals surface area contributed by atoms with Crippen molar-refractivity contribution in [2.45, 2.75) is 64.4 Å². The predicted molar refractivity (Wildman–Crippen MR) is 177 cm³/mol. The first kappa shape index (κ1) is 39.9. The summed E-state index contributed by atoms with van der Waals surface area (Å²) in [6.45, 7) is 4.75. The number of sulfone groups is 1. The molecular formula is C33H42N4O11S. The lowest BCUT2D eigenvalue weighted by molar-refractivity contribution is -0.143. The van der Waals surface area contributed by atoms with Gasteiger partial charge in [-0.15, -0.1) is 0 Å². The summed E-state index contributed by atoms with van der Waals surface area (Å²) in [5, 5.41) is 20.1. The van der Waals surface area contributed by atoms with Crippen LogP contribution in [-0.2, 0) is 49.9 Å². The second kappa shape index (κ2) is 19.5. The molecule has 0 saturated heterocycles. The van der Waals surface area contributed by atoms with E-state index in [0.717, 1.165) is 17.7 Å². The summed E-state index contributed by atoms with van der Waals surface area (Å²) in [4.78, 5) is 76.8. The molecule has 0 bridgehead atoms. The van der Waals surface area contributed by atoms with Crippen LogP contribution in [0.5, 0.6) is 0 Å². The Bertz CT molecular complexity index is 1580. The minimum atomic E-state index is -3.62. The van der Waals surface area contributed by atoms with E-state index in [2.05, 4.69) is 21.3 Å². The van der Waals surface area contributed by atoms with Gasteiger partial charge in [0.25, 0.3) is 0 Å². The van der Waals surface area contributed by atoms with E-state index in [1.165, 1.54) is 12.1 Å². The molecule has 0 spiro atoms. The number of carbonyl (C=O) groups is 6. The zero-order valence-electron chi connectivity index (χ0n) is 27.6. The number of carbonyl (C=O) groups excluding carboxylic acids is 5. The fourth-order valence-electron chi connectivity index (χ4n) is 4.33. The van der Waals surface area contributed by atoms with E-state index in [1.807, 2.05) is 0 Å². The van der Waals surface area contributed by atoms with Crippen LogP contribution in [0.2, 0.25) is 0 Å². The third kappa shape index (κ3) is 15.0. The molecule has 4 amide bonds. The van der Waals surface area contributed by atoms with E-state index in [1.54, 1.807) is 69.3 Å². The summed E-state index contributed by atoms with van der Waals surface area (Å²) >= 11 is 0. The molecule has 5 N–H and O–H groups in total. The number of ether oxygens (including phenoxy) is 2. The first-order chi connectivity index (χ1) is 23.1. The molecule has 0 saturated carbocycles. The van der Waals surface area contributed by atoms with Gasteiger partial charge in [0.1, 0.15) is 24.7 Å². The maximum atomic E-state index is 13.7. The maximum Gasteiger partial charge on any atom is 0.408 e. The first-order valence-corrected chi connectivity index (χ1v) is 17.2. The number of nitrogens with one attached hydrogen (secondary N) is 4. The average molecular weight is 703 g/mol. The topological polar surface area (TPSA) is 223 Å². The molecule has 0 unspecified atom stereocenters. The zero-order chi connectivity index (χ0) is 36.6. The van der Waals surface area contributed by atoms with Crippen LogP contribution in [0.4, 0.5) is 4.79 Å². The molecule has 49 heavy (non-hydrogen) atoms. The summed E-state index contributed by atoms with van der Waals surface area (Å²) in [5.41, 5.74) is 0.924. The lowest BCUT2D eigenvalue weighted by Gasteiger charge is -2.27. The minimum absolute atomic E-state index is 0.0598. The maximum absolute atomic E-state index is 13.7. The quantitative estimate of drug-likeness (QED) is 0.141. The largest absolute Gasteiger partial charge is 0.481 e. The molecule has 0 aliphatic rings. The van der Waals surface area contributed by atoms with Crippen LogP contribution in [0.1, 0.15) is 50.8 Å². The standard InChI is InChI=1S/C33H42N4O11S/c1-5-47-27(40)18-24(16-17-49(4,45)46)34-31(42)28(21(2)3)36-32(43)29(23-14-10-7-11-15-23)37-30(41)25(19-26(38)39)35-33(44)48-20-22-12-8-6-9-13-22/h6-17,21,24-25,28-29H,5,18-20H2,1-4H3,(H,34,42)(H,35,44)(H,36,43)(H,37,41)(H,38,39)/b17-16+/t24-,25+,28-,29+/m1/s1. The third-order valence-corrected chi connectivity index (χ3v) is 7.36. The number of aliphatic carboxylic acids is 1. The molecule has 0 fully saturated rings. The van der Waals surface area contributed by atoms with Crippen molar-refractivity contribution >= 4 is 45.6 Å². The minimum Gasteiger partial charge on any atom is -0.481 e. The van der Waals surface area contributed by atoms with Gasteiger partial charge in [0.05, 0.1) is 25.5 Å². The summed E-state index contributed by atoms with van der Waals surface area (Å²) < 4.78 is 33.5. The van der Waals surface area contributed by atoms with Crippen molar-refractivity contribution in [2.24, 2.45) is 5.92 Å². The Morgan fingerprint density at radius 1 is 0.796 bits per heavy atom. The van der Waals surface area contributed by atoms with Gasteiger partial charge in [-0.25, -0.2) is 13.2 Å². The average Bonchev–Trinajstić information content (AvgIpc) is 3.03. The Hall–Kier alpha value is -5.25. The van der Waals surface area contributed by atoms with Gasteiger partial charge in [-0.1, -0.05) is 80.6 Å². The molecule has 266 valence electrons. The van der Waals surface area contributed by atoms with Gasteiger partial charge < -0.3 is 35.8 Å². The van der Waals surface area contributed by atoms with Crippen LogP contribution in [0.3, 0.4) is 0 Å². The second-order valence-electron chi connectivity index (χ2n) is 11.2. The highest BCUT2D eigenvalue weighted by molar-refractivity contribution is 7.93. The zero-order valence-corrected chi connectivity index (χ0v) is 28.4. The number of hydrogen-bond acceptors (Lipinski definition) is 10. The highest BCUT2D eigenvalue weighted by atomic mass is 32.2. The van der Waals surface area contributed by atoms with Crippen molar-refractivity contribution in [2.75, 3.05) is 12.9 Å². The van der Waals surface area contributed by atoms with Crippen molar-refractivity contribution in [1.82, 2.24) is 21.3 Å². The van der Waals surface area contributed by atoms with E-state index < -0.39 is 88.5 Å². The van der Waals surface area contributed by atoms with E-state index >= 15 is 0 Å². The fourth-order valence-corrected chi connectivity index (χ4v) is 4.80. The monoisotopic (exact) mass is 702 g/mol. The van der Waals surface area contributed by atoms with Gasteiger partial charge in [-0.2, -0.15) is 0 Å². The van der Waals surface area contributed by atoms with Gasteiger partial charge >= 0.3 is 18.0 Å². The van der Waals surface area contributed by atoms with Gasteiger partial charge in [0, 0.05) is 11.7 Å². The molecule has 0 aliphatic heterocycles. The molecule has 2 rings (SSSR count). The van der Waals surface area contributed by atoms with Crippen molar-refractivity contribution in [3.63, 3.8) is 0 Å². The Morgan fingerprint density at radius 3 is 1.96 bits per heavy atom. The fraction of sp³-hybridized carbons (Fsp3) is 0.394. The number of carboxylic acids is 1. The molecule has 0 radical (unpaired) electrons. The van der Waals surface area contributed by atoms with Crippen molar-refractivity contribution in [1.29, 1.82) is 0 Å². The van der Waals surface area contributed by atoms with Crippen LogP contribution in [0, 0.1) is 5.92 Å². The Morgan fingerprint density at radius 2 is 1.41 bits per heavy atom. The Labute approximate surface area is 284 Å². The number of rotatable bonds is 18. The van der Waals surface area contributed by atoms with Crippen LogP contribution < -0.4 is 21.3 Å². The number of esters is 1. The molecule has 16 heteroatoms. The lowest BCUT2D eigenvalue weighted by atomic mass is 10.00. The molecule has 4 atom stereocenters. The van der Waals surface area contributed by atoms with E-state index in [0.29, 0.717) is 5.56 Å². The molecule has 0 aromatic heterocycles. The normalized spacial score (nSPS) is 13.7. The highest BCUT2D eigenvalue weighted by Gasteiger charge is 2.33. The van der Waals surface area contributed by atoms with Crippen molar-refractivity contribution in [3.8, 4) is 0 Å². The smallest absolute Gasteiger partial charge is 0.408 e. The highest BCUT2D eigenvalue weighted by Crippen LogP contribution is 2.16. The van der Waals surface area contributed by atoms with Crippen LogP contribution >= 0.6 is 0 Å². The third-order valence-electron chi connectivity index (χ3n) is 6.71. The van der Waals surface area contributed by atoms with Gasteiger partial charge in [0.15, 0.2) is 9.84 Å². The van der Waals surface area contributed by atoms with E-state index in [-0.39, 0.29) is 18.8 Å². The van der Waals surface area contributed by atoms with Crippen LogP contribution in [0.25, 0.3) is 0 Å². The van der Waals surface area contributed by atoms with Crippen LogP contribution in [-0.4, -0.2) is 80.3 Å². The number of benzene rings is 2. The SMILES string of the molecule is CCOC(=O)C[C@@H](/C=C/S(C)(=O)=O)NC(=O)[C@H](NC(=O)[C@@H](NC(=O)[C@H](CC(=O)O)NC(=O)OCc1ccccc1)c1ccccc1)C(C)C. The molecule has 2 aromatic rings. The molecule has 0 heterocycles. The Balaban J connectivity index is 2.28.